The minimum absolute atomic E-state index is 0.0768. The van der Waals surface area contributed by atoms with E-state index in [4.69, 9.17) is 28.5 Å². The van der Waals surface area contributed by atoms with Crippen molar-refractivity contribution in [2.24, 2.45) is 0 Å². The number of nitrogens with zero attached hydrogens (tertiary/aromatic N) is 3. The SMILES string of the molecule is [2H]C([2H])(NCC(C)S(=O)(=O)C(C)C)c1oc(-c2c(C)cc3ncnc(N(C)c4cc(Cl)c(OCc5cc(F)cc(C)c5C)c(C)c4C)c3c2C)cc1C. The molecule has 2 heterocycles. The number of hydrogen-bond acceptors (Lipinski definition) is 8. The summed E-state index contributed by atoms with van der Waals surface area (Å²) in [7, 11) is -1.51. The quantitative estimate of drug-likeness (QED) is 0.135. The highest BCUT2D eigenvalue weighted by Gasteiger charge is 2.25. The van der Waals surface area contributed by atoms with Crippen molar-refractivity contribution in [3.63, 3.8) is 0 Å². The zero-order valence-electron chi connectivity index (χ0n) is 33.2. The van der Waals surface area contributed by atoms with E-state index >= 15 is 0 Å². The van der Waals surface area contributed by atoms with Crippen molar-refractivity contribution < 1.29 is 24.7 Å². The van der Waals surface area contributed by atoms with Gasteiger partial charge in [-0.3, -0.25) is 0 Å². The Kier molecular flexibility index (Phi) is 10.4. The normalized spacial score (nSPS) is 13.5. The van der Waals surface area contributed by atoms with Crippen molar-refractivity contribution in [1.82, 2.24) is 15.3 Å². The number of benzene rings is 3. The Morgan fingerprint density at radius 2 is 1.65 bits per heavy atom. The van der Waals surface area contributed by atoms with Crippen molar-refractivity contribution in [3.8, 4) is 17.1 Å². The lowest BCUT2D eigenvalue weighted by molar-refractivity contribution is 0.302. The minimum Gasteiger partial charge on any atom is -0.487 e. The lowest BCUT2D eigenvalue weighted by Gasteiger charge is -2.26. The zero-order valence-corrected chi connectivity index (χ0v) is 32.7. The van der Waals surface area contributed by atoms with Crippen LogP contribution < -0.4 is 15.0 Å². The maximum Gasteiger partial charge on any atom is 0.156 e. The summed E-state index contributed by atoms with van der Waals surface area (Å²) < 4.78 is 69.5. The molecule has 0 saturated carbocycles. The number of furan rings is 1. The van der Waals surface area contributed by atoms with Crippen LogP contribution in [0.5, 0.6) is 5.75 Å². The Hall–Kier alpha value is -3.99. The van der Waals surface area contributed by atoms with Gasteiger partial charge in [-0.25, -0.2) is 22.8 Å². The van der Waals surface area contributed by atoms with Crippen LogP contribution in [0.15, 0.2) is 41.1 Å². The highest BCUT2D eigenvalue weighted by Crippen LogP contribution is 2.42. The Morgan fingerprint density at radius 1 is 0.941 bits per heavy atom. The molecule has 2 aromatic heterocycles. The first-order chi connectivity index (χ1) is 24.7. The lowest BCUT2D eigenvalue weighted by atomic mass is 9.95. The highest BCUT2D eigenvalue weighted by molar-refractivity contribution is 7.92. The molecule has 51 heavy (non-hydrogen) atoms. The number of halogens is 2. The summed E-state index contributed by atoms with van der Waals surface area (Å²) in [5, 5.41) is 2.62. The summed E-state index contributed by atoms with van der Waals surface area (Å²) in [5.74, 6) is 1.40. The van der Waals surface area contributed by atoms with Gasteiger partial charge in [-0.2, -0.15) is 0 Å². The maximum atomic E-state index is 14.2. The van der Waals surface area contributed by atoms with E-state index in [2.05, 4.69) is 10.3 Å². The number of rotatable bonds is 12. The Morgan fingerprint density at radius 3 is 2.33 bits per heavy atom. The van der Waals surface area contributed by atoms with Crippen LogP contribution in [0, 0.1) is 54.3 Å². The van der Waals surface area contributed by atoms with Gasteiger partial charge in [0.15, 0.2) is 9.84 Å². The van der Waals surface area contributed by atoms with Gasteiger partial charge in [0.1, 0.15) is 41.8 Å². The van der Waals surface area contributed by atoms with Gasteiger partial charge in [0.2, 0.25) is 0 Å². The van der Waals surface area contributed by atoms with Gasteiger partial charge in [0, 0.05) is 30.2 Å². The molecule has 8 nitrogen and oxygen atoms in total. The molecular weight excluding hydrogens is 687 g/mol. The summed E-state index contributed by atoms with van der Waals surface area (Å²) in [5.41, 5.74) is 8.96. The minimum atomic E-state index is -3.42. The van der Waals surface area contributed by atoms with Crippen LogP contribution in [-0.2, 0) is 22.9 Å². The summed E-state index contributed by atoms with van der Waals surface area (Å²) >= 11 is 6.88. The molecular formula is C40H48ClFN4O4S. The molecule has 0 aliphatic heterocycles. The predicted octanol–water partition coefficient (Wildman–Crippen LogP) is 9.49. The van der Waals surface area contributed by atoms with Gasteiger partial charge in [0.25, 0.3) is 0 Å². The first-order valence-electron chi connectivity index (χ1n) is 17.9. The van der Waals surface area contributed by atoms with Crippen molar-refractivity contribution in [2.75, 3.05) is 18.5 Å². The van der Waals surface area contributed by atoms with Gasteiger partial charge in [-0.05, 0) is 144 Å². The Balaban J connectivity index is 1.51. The number of anilines is 2. The molecule has 0 aliphatic carbocycles. The molecule has 0 fully saturated rings. The fourth-order valence-electron chi connectivity index (χ4n) is 6.43. The molecule has 0 saturated heterocycles. The van der Waals surface area contributed by atoms with E-state index in [-0.39, 0.29) is 24.7 Å². The molecule has 0 radical (unpaired) electrons. The van der Waals surface area contributed by atoms with Crippen molar-refractivity contribution >= 4 is 43.8 Å². The number of aryl methyl sites for hydroxylation is 4. The second kappa shape index (κ2) is 14.9. The third-order valence-corrected chi connectivity index (χ3v) is 12.8. The Labute approximate surface area is 309 Å². The smallest absolute Gasteiger partial charge is 0.156 e. The predicted molar refractivity (Wildman–Crippen MR) is 206 cm³/mol. The maximum absolute atomic E-state index is 14.2. The van der Waals surface area contributed by atoms with E-state index in [1.807, 2.05) is 65.6 Å². The molecule has 5 rings (SSSR count). The van der Waals surface area contributed by atoms with E-state index in [0.29, 0.717) is 27.9 Å². The third-order valence-electron chi connectivity index (χ3n) is 9.89. The number of ether oxygens (including phenoxy) is 1. The first-order valence-corrected chi connectivity index (χ1v) is 18.9. The molecule has 5 aromatic rings. The van der Waals surface area contributed by atoms with Gasteiger partial charge >= 0.3 is 0 Å². The molecule has 3 aromatic carbocycles. The standard InChI is InChI=1S/C40H48ClFN4O4S/c1-21(2)51(47,48)25(6)17-43-18-36-23(4)14-35(50-36)37-24(5)13-33-38(29(37)10)40(45-20-44-33)46(11)34-16-32(41)39(28(9)27(34)8)49-19-30-15-31(42)12-22(3)26(30)7/h12-16,20-21,25,43H,17-19H2,1-11H3/i18D2. The fraction of sp³-hybridized carbons (Fsp3) is 0.400. The summed E-state index contributed by atoms with van der Waals surface area (Å²) in [4.78, 5) is 11.3. The summed E-state index contributed by atoms with van der Waals surface area (Å²) in [6.07, 6.45) is 1.52. The van der Waals surface area contributed by atoms with E-state index in [1.54, 1.807) is 33.8 Å². The number of aromatic nitrogens is 2. The van der Waals surface area contributed by atoms with Crippen LogP contribution in [0.4, 0.5) is 15.9 Å². The number of fused-ring (bicyclic) bond motifs is 1. The highest BCUT2D eigenvalue weighted by atomic mass is 35.5. The van der Waals surface area contributed by atoms with Crippen LogP contribution in [0.2, 0.25) is 5.02 Å². The molecule has 0 bridgehead atoms. The molecule has 1 unspecified atom stereocenters. The number of hydrogen-bond donors (Lipinski definition) is 1. The van der Waals surface area contributed by atoms with Gasteiger partial charge in [-0.1, -0.05) is 11.6 Å². The van der Waals surface area contributed by atoms with Gasteiger partial charge in [-0.15, -0.1) is 0 Å². The lowest BCUT2D eigenvalue weighted by Crippen LogP contribution is -2.35. The molecule has 11 heteroatoms. The molecule has 0 spiro atoms. The number of sulfone groups is 1. The van der Waals surface area contributed by atoms with E-state index < -0.39 is 26.8 Å². The van der Waals surface area contributed by atoms with Crippen molar-refractivity contribution in [3.05, 3.63) is 97.8 Å². The van der Waals surface area contributed by atoms with Crippen LogP contribution in [-0.4, -0.2) is 42.5 Å². The van der Waals surface area contributed by atoms with Gasteiger partial charge < -0.3 is 19.4 Å². The second-order valence-corrected chi connectivity index (χ2v) is 17.0. The van der Waals surface area contributed by atoms with Crippen LogP contribution in [0.25, 0.3) is 22.2 Å². The van der Waals surface area contributed by atoms with Crippen molar-refractivity contribution in [2.45, 2.75) is 92.8 Å². The van der Waals surface area contributed by atoms with Crippen LogP contribution in [0.3, 0.4) is 0 Å². The third kappa shape index (κ3) is 7.50. The topological polar surface area (TPSA) is 97.6 Å². The zero-order chi connectivity index (χ0) is 39.3. The van der Waals surface area contributed by atoms with Crippen LogP contribution in [0.1, 0.15) is 73.8 Å². The molecule has 1 N–H and O–H groups in total. The largest absolute Gasteiger partial charge is 0.487 e. The van der Waals surface area contributed by atoms with Crippen LogP contribution >= 0.6 is 11.6 Å². The molecule has 0 aliphatic rings. The molecule has 1 atom stereocenters. The molecule has 272 valence electrons. The van der Waals surface area contributed by atoms with Crippen molar-refractivity contribution in [1.29, 1.82) is 0 Å². The first kappa shape index (κ1) is 35.4. The van der Waals surface area contributed by atoms with E-state index in [9.17, 15) is 12.8 Å². The fourth-order valence-corrected chi connectivity index (χ4v) is 7.98. The second-order valence-electron chi connectivity index (χ2n) is 13.7. The average Bonchev–Trinajstić information content (AvgIpc) is 3.48. The van der Waals surface area contributed by atoms with E-state index in [1.165, 1.54) is 18.5 Å². The molecule has 0 amide bonds. The summed E-state index contributed by atoms with van der Waals surface area (Å²) in [6, 6.07) is 8.59. The average molecular weight is 737 g/mol. The van der Waals surface area contributed by atoms with Gasteiger partial charge in [0.05, 0.1) is 30.3 Å². The van der Waals surface area contributed by atoms with E-state index in [0.717, 1.165) is 61.1 Å². The number of nitrogens with one attached hydrogen (secondary N) is 1. The Bertz CT molecular complexity index is 2330. The monoisotopic (exact) mass is 736 g/mol. The summed E-state index contributed by atoms with van der Waals surface area (Å²) in [6.45, 7) is 16.2.